The third-order valence-electron chi connectivity index (χ3n) is 2.71. The molecule has 0 atom stereocenters. The van der Waals surface area contributed by atoms with Gasteiger partial charge in [0.2, 0.25) is 0 Å². The van der Waals surface area contributed by atoms with Crippen LogP contribution in [0.25, 0.3) is 0 Å². The van der Waals surface area contributed by atoms with Crippen LogP contribution >= 0.6 is 0 Å². The average molecular weight is 260 g/mol. The zero-order valence-electron chi connectivity index (χ0n) is 10.9. The largest absolute Gasteiger partial charge is 0.492 e. The van der Waals surface area contributed by atoms with Gasteiger partial charge in [-0.15, -0.1) is 0 Å². The van der Waals surface area contributed by atoms with Gasteiger partial charge in [-0.3, -0.25) is 4.98 Å². The minimum absolute atomic E-state index is 0.208. The number of hydrogen-bond donors (Lipinski definition) is 1. The van der Waals surface area contributed by atoms with Crippen molar-refractivity contribution < 1.29 is 9.13 Å². The number of ether oxygens (including phenoxy) is 1. The zero-order chi connectivity index (χ0) is 13.5. The Kier molecular flexibility index (Phi) is 4.86. The maximum absolute atomic E-state index is 13.1. The molecule has 0 fully saturated rings. The molecule has 3 nitrogen and oxygen atoms in total. The summed E-state index contributed by atoms with van der Waals surface area (Å²) in [5.74, 6) is 0.485. The number of hydrogen-bond acceptors (Lipinski definition) is 3. The van der Waals surface area contributed by atoms with Crippen molar-refractivity contribution in [1.82, 2.24) is 10.3 Å². The van der Waals surface area contributed by atoms with Crippen LogP contribution in [0, 0.1) is 12.7 Å². The van der Waals surface area contributed by atoms with Gasteiger partial charge in [0.05, 0.1) is 5.69 Å². The standard InChI is InChI=1S/C15H17FN2O/c1-12-10-14(5-6-15(12)16)19-9-8-17-11-13-4-2-3-7-18-13/h2-7,10,17H,8-9,11H2,1H3. The molecular weight excluding hydrogens is 243 g/mol. The number of nitrogens with zero attached hydrogens (tertiary/aromatic N) is 1. The fourth-order valence-electron chi connectivity index (χ4n) is 1.67. The van der Waals surface area contributed by atoms with E-state index in [9.17, 15) is 4.39 Å². The van der Waals surface area contributed by atoms with Crippen LogP contribution in [0.4, 0.5) is 4.39 Å². The van der Waals surface area contributed by atoms with E-state index in [0.29, 0.717) is 31.0 Å². The number of pyridine rings is 1. The maximum Gasteiger partial charge on any atom is 0.126 e. The number of halogens is 1. The molecule has 0 aliphatic heterocycles. The van der Waals surface area contributed by atoms with Crippen molar-refractivity contribution in [3.8, 4) is 5.75 Å². The molecule has 1 aromatic carbocycles. The van der Waals surface area contributed by atoms with Crippen LogP contribution in [0.3, 0.4) is 0 Å². The first-order chi connectivity index (χ1) is 9.25. The monoisotopic (exact) mass is 260 g/mol. The lowest BCUT2D eigenvalue weighted by molar-refractivity contribution is 0.312. The summed E-state index contributed by atoms with van der Waals surface area (Å²) in [4.78, 5) is 4.21. The fraction of sp³-hybridized carbons (Fsp3) is 0.267. The normalized spacial score (nSPS) is 10.4. The summed E-state index contributed by atoms with van der Waals surface area (Å²) in [6.07, 6.45) is 1.77. The Hall–Kier alpha value is -1.94. The summed E-state index contributed by atoms with van der Waals surface area (Å²) in [6.45, 7) is 3.69. The molecule has 2 aromatic rings. The average Bonchev–Trinajstić information content (AvgIpc) is 2.43. The molecule has 19 heavy (non-hydrogen) atoms. The van der Waals surface area contributed by atoms with Gasteiger partial charge < -0.3 is 10.1 Å². The lowest BCUT2D eigenvalue weighted by Crippen LogP contribution is -2.21. The molecule has 0 spiro atoms. The molecule has 4 heteroatoms. The molecule has 1 aromatic heterocycles. The Morgan fingerprint density at radius 1 is 1.26 bits per heavy atom. The van der Waals surface area contributed by atoms with E-state index in [1.54, 1.807) is 25.3 Å². The molecule has 0 saturated heterocycles. The Labute approximate surface area is 112 Å². The molecule has 100 valence electrons. The van der Waals surface area contributed by atoms with E-state index in [2.05, 4.69) is 10.3 Å². The molecule has 0 aliphatic carbocycles. The Morgan fingerprint density at radius 2 is 2.16 bits per heavy atom. The SMILES string of the molecule is Cc1cc(OCCNCc2ccccn2)ccc1F. The van der Waals surface area contributed by atoms with Crippen LogP contribution in [-0.2, 0) is 6.54 Å². The van der Waals surface area contributed by atoms with Gasteiger partial charge in [-0.1, -0.05) is 6.07 Å². The number of aromatic nitrogens is 1. The van der Waals surface area contributed by atoms with E-state index in [-0.39, 0.29) is 5.82 Å². The summed E-state index contributed by atoms with van der Waals surface area (Å²) in [5.41, 5.74) is 1.60. The molecule has 0 unspecified atom stereocenters. The first kappa shape index (κ1) is 13.5. The highest BCUT2D eigenvalue weighted by molar-refractivity contribution is 5.28. The number of nitrogens with one attached hydrogen (secondary N) is 1. The van der Waals surface area contributed by atoms with Crippen molar-refractivity contribution in [2.24, 2.45) is 0 Å². The predicted octanol–water partition coefficient (Wildman–Crippen LogP) is 2.70. The lowest BCUT2D eigenvalue weighted by Gasteiger charge is -2.08. The third-order valence-corrected chi connectivity index (χ3v) is 2.71. The van der Waals surface area contributed by atoms with Crippen LogP contribution in [-0.4, -0.2) is 18.1 Å². The van der Waals surface area contributed by atoms with Crippen molar-refractivity contribution in [2.45, 2.75) is 13.5 Å². The van der Waals surface area contributed by atoms with Crippen LogP contribution in [0.5, 0.6) is 5.75 Å². The van der Waals surface area contributed by atoms with E-state index in [1.807, 2.05) is 18.2 Å². The topological polar surface area (TPSA) is 34.1 Å². The van der Waals surface area contributed by atoms with Crippen LogP contribution in [0.2, 0.25) is 0 Å². The lowest BCUT2D eigenvalue weighted by atomic mass is 10.2. The first-order valence-electron chi connectivity index (χ1n) is 6.25. The number of rotatable bonds is 6. The van der Waals surface area contributed by atoms with Gasteiger partial charge in [0.1, 0.15) is 18.2 Å². The Balaban J connectivity index is 1.68. The number of aryl methyl sites for hydroxylation is 1. The molecule has 0 bridgehead atoms. The smallest absolute Gasteiger partial charge is 0.126 e. The summed E-state index contributed by atoms with van der Waals surface area (Å²) < 4.78 is 18.6. The van der Waals surface area contributed by atoms with Crippen LogP contribution in [0.15, 0.2) is 42.6 Å². The van der Waals surface area contributed by atoms with Gasteiger partial charge in [0.25, 0.3) is 0 Å². The van der Waals surface area contributed by atoms with E-state index in [4.69, 9.17) is 4.74 Å². The minimum atomic E-state index is -0.208. The predicted molar refractivity (Wildman–Crippen MR) is 72.6 cm³/mol. The van der Waals surface area contributed by atoms with Crippen molar-refractivity contribution >= 4 is 0 Å². The highest BCUT2D eigenvalue weighted by atomic mass is 19.1. The molecule has 2 rings (SSSR count). The van der Waals surface area contributed by atoms with Gasteiger partial charge in [0.15, 0.2) is 0 Å². The van der Waals surface area contributed by atoms with Gasteiger partial charge in [-0.25, -0.2) is 4.39 Å². The zero-order valence-corrected chi connectivity index (χ0v) is 10.9. The van der Waals surface area contributed by atoms with Crippen molar-refractivity contribution in [3.05, 3.63) is 59.7 Å². The molecule has 0 aliphatic rings. The molecule has 0 amide bonds. The van der Waals surface area contributed by atoms with Crippen molar-refractivity contribution in [1.29, 1.82) is 0 Å². The van der Waals surface area contributed by atoms with Gasteiger partial charge in [-0.05, 0) is 42.8 Å². The van der Waals surface area contributed by atoms with Gasteiger partial charge in [-0.2, -0.15) is 0 Å². The highest BCUT2D eigenvalue weighted by Gasteiger charge is 1.99. The van der Waals surface area contributed by atoms with E-state index >= 15 is 0 Å². The second-order valence-corrected chi connectivity index (χ2v) is 4.26. The van der Waals surface area contributed by atoms with E-state index < -0.39 is 0 Å². The van der Waals surface area contributed by atoms with Crippen LogP contribution in [0.1, 0.15) is 11.3 Å². The van der Waals surface area contributed by atoms with E-state index in [0.717, 1.165) is 5.69 Å². The molecule has 1 N–H and O–H groups in total. The first-order valence-corrected chi connectivity index (χ1v) is 6.25. The van der Waals surface area contributed by atoms with Crippen molar-refractivity contribution in [2.75, 3.05) is 13.2 Å². The molecular formula is C15H17FN2O. The summed E-state index contributed by atoms with van der Waals surface area (Å²) in [6, 6.07) is 10.6. The highest BCUT2D eigenvalue weighted by Crippen LogP contribution is 2.15. The summed E-state index contributed by atoms with van der Waals surface area (Å²) >= 11 is 0. The second-order valence-electron chi connectivity index (χ2n) is 4.26. The quantitative estimate of drug-likeness (QED) is 0.811. The number of benzene rings is 1. The minimum Gasteiger partial charge on any atom is -0.492 e. The van der Waals surface area contributed by atoms with Crippen LogP contribution < -0.4 is 10.1 Å². The summed E-state index contributed by atoms with van der Waals surface area (Å²) in [7, 11) is 0. The molecule has 1 heterocycles. The molecule has 0 saturated carbocycles. The van der Waals surface area contributed by atoms with Gasteiger partial charge >= 0.3 is 0 Å². The maximum atomic E-state index is 13.1. The fourth-order valence-corrected chi connectivity index (χ4v) is 1.67. The van der Waals surface area contributed by atoms with Gasteiger partial charge in [0, 0.05) is 19.3 Å². The second kappa shape index (κ2) is 6.85. The Bertz CT molecular complexity index is 517. The van der Waals surface area contributed by atoms with Crippen molar-refractivity contribution in [3.63, 3.8) is 0 Å². The molecule has 0 radical (unpaired) electrons. The van der Waals surface area contributed by atoms with E-state index in [1.165, 1.54) is 6.07 Å². The third kappa shape index (κ3) is 4.34. The summed E-state index contributed by atoms with van der Waals surface area (Å²) in [5, 5.41) is 3.24. The Morgan fingerprint density at radius 3 is 2.89 bits per heavy atom.